The topological polar surface area (TPSA) is 149 Å². The molecule has 0 radical (unpaired) electrons. The quantitative estimate of drug-likeness (QED) is 0.0488. The minimum absolute atomic E-state index is 0.0139. The third kappa shape index (κ3) is 9.60. The van der Waals surface area contributed by atoms with Gasteiger partial charge in [-0.15, -0.1) is 0 Å². The number of imide groups is 1. The van der Waals surface area contributed by atoms with Crippen molar-refractivity contribution in [2.75, 3.05) is 50.2 Å². The van der Waals surface area contributed by atoms with Gasteiger partial charge in [-0.25, -0.2) is 18.3 Å². The fraction of sp³-hybridized carbons (Fsp3) is 0.432. The molecule has 2 aromatic carbocycles. The molecule has 14 nitrogen and oxygen atoms in total. The maximum absolute atomic E-state index is 14.3. The van der Waals surface area contributed by atoms with Crippen molar-refractivity contribution in [3.05, 3.63) is 107 Å². The number of anilines is 2. The van der Waals surface area contributed by atoms with E-state index < -0.39 is 18.6 Å². The van der Waals surface area contributed by atoms with Crippen molar-refractivity contribution in [3.63, 3.8) is 0 Å². The summed E-state index contributed by atoms with van der Waals surface area (Å²) in [7, 11) is 1.52. The SMILES string of the molecule is COC(Nc1cn(C2CCC(=CNCCCCCCc3ccc(Oc4cccc5c4C(=O)NC(=O)C5)cc3)CC2)nc1C(F)F)c1cnn2ccc(N3CCOCC3)nc12. The molecule has 1 aliphatic carbocycles. The lowest BCUT2D eigenvalue weighted by atomic mass is 9.91. The van der Waals surface area contributed by atoms with Crippen LogP contribution in [0, 0.1) is 0 Å². The van der Waals surface area contributed by atoms with Gasteiger partial charge < -0.3 is 29.7 Å². The Bertz CT molecular complexity index is 2290. The number of nitrogens with one attached hydrogen (secondary N) is 3. The smallest absolute Gasteiger partial charge is 0.284 e. The number of aromatic nitrogens is 5. The summed E-state index contributed by atoms with van der Waals surface area (Å²) in [5.41, 5.74) is 4.79. The molecule has 3 aliphatic rings. The molecule has 2 amide bonds. The van der Waals surface area contributed by atoms with Crippen LogP contribution in [0.1, 0.15) is 103 Å². The van der Waals surface area contributed by atoms with E-state index >= 15 is 0 Å². The molecule has 3 N–H and O–H groups in total. The summed E-state index contributed by atoms with van der Waals surface area (Å²) in [4.78, 5) is 31.1. The second-order valence-electron chi connectivity index (χ2n) is 15.5. The molecule has 0 spiro atoms. The number of methoxy groups -OCH3 is 1. The van der Waals surface area contributed by atoms with Gasteiger partial charge in [0.2, 0.25) is 5.91 Å². The molecule has 1 atom stereocenters. The molecule has 3 aromatic heterocycles. The Morgan fingerprint density at radius 1 is 1.02 bits per heavy atom. The number of hydrogen-bond donors (Lipinski definition) is 3. The van der Waals surface area contributed by atoms with E-state index in [2.05, 4.69) is 49.4 Å². The van der Waals surface area contributed by atoms with Gasteiger partial charge in [-0.3, -0.25) is 19.6 Å². The number of fused-ring (bicyclic) bond motifs is 2. The second kappa shape index (κ2) is 19.0. The first-order chi connectivity index (χ1) is 29.3. The summed E-state index contributed by atoms with van der Waals surface area (Å²) in [6.07, 6.45) is 12.7. The molecule has 1 unspecified atom stereocenters. The Labute approximate surface area is 347 Å². The van der Waals surface area contributed by atoms with Crippen LogP contribution in [0.4, 0.5) is 20.3 Å². The van der Waals surface area contributed by atoms with Gasteiger partial charge in [0, 0.05) is 39.1 Å². The molecule has 2 fully saturated rings. The minimum atomic E-state index is -2.76. The zero-order valence-corrected chi connectivity index (χ0v) is 33.7. The standard InChI is InChI=1S/C44H51F2N9O5/c1-58-44(34-27-48-54-20-18-37(50-42(34)54)53-21-23-59-24-22-53)49-35-28-55(52-40(35)41(45)46)32-14-10-30(11-15-32)26-47-19-5-3-2-4-7-29-12-16-33(17-13-29)60-36-9-6-8-31-25-38(56)51-43(57)39(31)36/h6,8-9,12-13,16-18,20,26-28,32,41,44,47,49H,2-5,7,10-11,14-15,19,21-25H2,1H3,(H,51,56,57). The van der Waals surface area contributed by atoms with Crippen molar-refractivity contribution in [1.82, 2.24) is 35.0 Å². The largest absolute Gasteiger partial charge is 0.457 e. The molecular formula is C44H51F2N9O5. The van der Waals surface area contributed by atoms with Gasteiger partial charge in [0.05, 0.1) is 48.7 Å². The summed E-state index contributed by atoms with van der Waals surface area (Å²) < 4.78 is 49.3. The average molecular weight is 824 g/mol. The average Bonchev–Trinajstić information content (AvgIpc) is 3.89. The van der Waals surface area contributed by atoms with Gasteiger partial charge >= 0.3 is 0 Å². The van der Waals surface area contributed by atoms with Gasteiger partial charge in [-0.1, -0.05) is 42.7 Å². The number of hydrogen-bond acceptors (Lipinski definition) is 11. The zero-order valence-electron chi connectivity index (χ0n) is 33.7. The van der Waals surface area contributed by atoms with Crippen molar-refractivity contribution in [2.24, 2.45) is 0 Å². The van der Waals surface area contributed by atoms with E-state index in [4.69, 9.17) is 19.2 Å². The number of halogens is 2. The third-order valence-electron chi connectivity index (χ3n) is 11.4. The molecule has 2 aliphatic heterocycles. The molecule has 16 heteroatoms. The predicted octanol–water partition coefficient (Wildman–Crippen LogP) is 7.45. The van der Waals surface area contributed by atoms with Gasteiger partial charge in [0.1, 0.15) is 17.3 Å². The number of aryl methyl sites for hydroxylation is 1. The van der Waals surface area contributed by atoms with Crippen LogP contribution in [0.25, 0.3) is 5.65 Å². The Kier molecular flexibility index (Phi) is 13.0. The maximum atomic E-state index is 14.3. The van der Waals surface area contributed by atoms with Crippen LogP contribution >= 0.6 is 0 Å². The van der Waals surface area contributed by atoms with Gasteiger partial charge in [0.25, 0.3) is 12.3 Å². The van der Waals surface area contributed by atoms with Crippen molar-refractivity contribution in [2.45, 2.75) is 82.9 Å². The molecule has 5 heterocycles. The number of alkyl halides is 2. The highest BCUT2D eigenvalue weighted by Gasteiger charge is 2.28. The summed E-state index contributed by atoms with van der Waals surface area (Å²) in [6.45, 7) is 3.63. The summed E-state index contributed by atoms with van der Waals surface area (Å²) in [6, 6.07) is 15.2. The summed E-state index contributed by atoms with van der Waals surface area (Å²) in [5, 5.41) is 17.8. The number of amides is 2. The van der Waals surface area contributed by atoms with E-state index in [9.17, 15) is 18.4 Å². The number of carbonyl (C=O) groups excluding carboxylic acids is 2. The van der Waals surface area contributed by atoms with Crippen LogP contribution < -0.4 is 25.6 Å². The van der Waals surface area contributed by atoms with E-state index in [1.165, 1.54) is 18.2 Å². The number of morpholine rings is 1. The normalized spacial score (nSPS) is 17.4. The second-order valence-corrected chi connectivity index (χ2v) is 15.5. The predicted molar refractivity (Wildman–Crippen MR) is 221 cm³/mol. The van der Waals surface area contributed by atoms with E-state index in [0.29, 0.717) is 47.1 Å². The molecule has 1 saturated heterocycles. The van der Waals surface area contributed by atoms with E-state index in [1.807, 2.05) is 24.4 Å². The number of unbranched alkanes of at least 4 members (excludes halogenated alkanes) is 3. The Hall–Kier alpha value is -5.87. The van der Waals surface area contributed by atoms with Crippen LogP contribution in [-0.2, 0) is 27.1 Å². The van der Waals surface area contributed by atoms with Crippen LogP contribution in [-0.4, -0.2) is 76.2 Å². The molecule has 0 bridgehead atoms. The highest BCUT2D eigenvalue weighted by molar-refractivity contribution is 6.11. The van der Waals surface area contributed by atoms with Crippen LogP contribution in [0.15, 0.2) is 78.9 Å². The Balaban J connectivity index is 0.760. The van der Waals surface area contributed by atoms with Crippen molar-refractivity contribution in [3.8, 4) is 11.5 Å². The van der Waals surface area contributed by atoms with Crippen molar-refractivity contribution < 1.29 is 32.6 Å². The van der Waals surface area contributed by atoms with Crippen molar-refractivity contribution >= 4 is 29.0 Å². The number of nitrogens with zero attached hydrogens (tertiary/aromatic N) is 6. The molecular weight excluding hydrogens is 773 g/mol. The number of benzene rings is 2. The number of allylic oxidation sites excluding steroid dienone is 1. The molecule has 8 rings (SSSR count). The first-order valence-electron chi connectivity index (χ1n) is 20.8. The highest BCUT2D eigenvalue weighted by Crippen LogP contribution is 2.36. The maximum Gasteiger partial charge on any atom is 0.284 e. The molecule has 316 valence electrons. The van der Waals surface area contributed by atoms with Gasteiger partial charge in [0.15, 0.2) is 17.6 Å². The van der Waals surface area contributed by atoms with E-state index in [-0.39, 0.29) is 29.8 Å². The number of rotatable bonds is 17. The Morgan fingerprint density at radius 2 is 1.82 bits per heavy atom. The number of ether oxygens (including phenoxy) is 3. The fourth-order valence-corrected chi connectivity index (χ4v) is 8.13. The lowest BCUT2D eigenvalue weighted by Crippen LogP contribution is -2.37. The summed E-state index contributed by atoms with van der Waals surface area (Å²) in [5.74, 6) is 1.15. The number of carbonyl (C=O) groups is 2. The van der Waals surface area contributed by atoms with Gasteiger partial charge in [-0.2, -0.15) is 10.2 Å². The van der Waals surface area contributed by atoms with Crippen molar-refractivity contribution in [1.29, 1.82) is 0 Å². The zero-order chi connectivity index (χ0) is 41.4. The first kappa shape index (κ1) is 40.9. The van der Waals surface area contributed by atoms with Gasteiger partial charge in [-0.05, 0) is 86.5 Å². The molecule has 60 heavy (non-hydrogen) atoms. The lowest BCUT2D eigenvalue weighted by molar-refractivity contribution is -0.119. The highest BCUT2D eigenvalue weighted by atomic mass is 19.3. The lowest BCUT2D eigenvalue weighted by Gasteiger charge is -2.27. The van der Waals surface area contributed by atoms with Crippen LogP contribution in [0.5, 0.6) is 11.5 Å². The fourth-order valence-electron chi connectivity index (χ4n) is 8.13. The minimum Gasteiger partial charge on any atom is -0.457 e. The van der Waals surface area contributed by atoms with Crippen LogP contribution in [0.3, 0.4) is 0 Å². The third-order valence-corrected chi connectivity index (χ3v) is 11.4. The summed E-state index contributed by atoms with van der Waals surface area (Å²) >= 11 is 0. The molecule has 1 saturated carbocycles. The first-order valence-corrected chi connectivity index (χ1v) is 20.8. The monoisotopic (exact) mass is 823 g/mol. The Morgan fingerprint density at radius 3 is 2.60 bits per heavy atom. The molecule has 5 aromatic rings. The van der Waals surface area contributed by atoms with E-state index in [1.54, 1.807) is 39.8 Å². The van der Waals surface area contributed by atoms with E-state index in [0.717, 1.165) is 83.2 Å². The van der Waals surface area contributed by atoms with Crippen LogP contribution in [0.2, 0.25) is 0 Å².